The number of rotatable bonds is 4. The van der Waals surface area contributed by atoms with E-state index >= 15 is 0 Å². The van der Waals surface area contributed by atoms with Crippen LogP contribution in [0, 0.1) is 12.8 Å². The number of hydrogen-bond donors (Lipinski definition) is 2. The number of hydrogen-bond acceptors (Lipinski definition) is 4. The first-order chi connectivity index (χ1) is 16.8. The van der Waals surface area contributed by atoms with E-state index in [0.29, 0.717) is 5.92 Å². The maximum atomic E-state index is 10.5. The summed E-state index contributed by atoms with van der Waals surface area (Å²) >= 11 is 0. The van der Waals surface area contributed by atoms with Crippen LogP contribution < -0.4 is 4.90 Å². The van der Waals surface area contributed by atoms with Crippen molar-refractivity contribution in [3.63, 3.8) is 0 Å². The van der Waals surface area contributed by atoms with Gasteiger partial charge in [0.15, 0.2) is 0 Å². The first-order valence-corrected chi connectivity index (χ1v) is 13.8. The second-order valence-electron chi connectivity index (χ2n) is 9.69. The van der Waals surface area contributed by atoms with E-state index < -0.39 is 10.1 Å². The lowest BCUT2D eigenvalue weighted by atomic mass is 9.67. The number of fused-ring (bicyclic) bond motifs is 1. The van der Waals surface area contributed by atoms with E-state index in [-0.39, 0.29) is 23.0 Å². The minimum atomic E-state index is -4.02. The molecule has 1 aliphatic carbocycles. The zero-order valence-corrected chi connectivity index (χ0v) is 21.1. The van der Waals surface area contributed by atoms with Crippen LogP contribution in [0.1, 0.15) is 43.2 Å². The van der Waals surface area contributed by atoms with Gasteiger partial charge in [-0.15, -0.1) is 0 Å². The first-order valence-electron chi connectivity index (χ1n) is 12.4. The fourth-order valence-electron chi connectivity index (χ4n) is 6.07. The molecule has 186 valence electrons. The van der Waals surface area contributed by atoms with Crippen LogP contribution in [-0.2, 0) is 15.5 Å². The zero-order valence-electron chi connectivity index (χ0n) is 20.3. The van der Waals surface area contributed by atoms with Crippen LogP contribution in [0.2, 0.25) is 0 Å². The standard InChI is InChI=1S/C22H27NO.C7H8O3S/c24-17-21-20-13-7-14-22(20,18-9-3-1-4-10-18)15-8-16-23(21)19-11-5-2-6-12-19;1-6-2-4-7(5-3-6)11(8,9)10/h1-6,9-12,20-21,24H,7-8,13-17H2;2-5H,1H3,(H,8,9,10). The van der Waals surface area contributed by atoms with Crippen molar-refractivity contribution >= 4 is 15.8 Å². The topological polar surface area (TPSA) is 77.8 Å². The van der Waals surface area contributed by atoms with Crippen molar-refractivity contribution in [2.75, 3.05) is 18.1 Å². The summed E-state index contributed by atoms with van der Waals surface area (Å²) in [6.45, 7) is 3.13. The lowest BCUT2D eigenvalue weighted by Crippen LogP contribution is -2.47. The average Bonchev–Trinajstić information content (AvgIpc) is 3.22. The van der Waals surface area contributed by atoms with Crippen molar-refractivity contribution in [3.8, 4) is 0 Å². The van der Waals surface area contributed by atoms with E-state index in [0.717, 1.165) is 12.1 Å². The highest BCUT2D eigenvalue weighted by atomic mass is 32.2. The molecule has 0 amide bonds. The van der Waals surface area contributed by atoms with Crippen molar-refractivity contribution in [1.29, 1.82) is 0 Å². The Morgan fingerprint density at radius 1 is 0.886 bits per heavy atom. The Labute approximate surface area is 209 Å². The molecular weight excluding hydrogens is 458 g/mol. The fourth-order valence-corrected chi connectivity index (χ4v) is 6.55. The molecule has 3 aromatic rings. The minimum absolute atomic E-state index is 0.0666. The average molecular weight is 494 g/mol. The molecular formula is C29H35NO4S. The number of nitrogens with zero attached hydrogens (tertiary/aromatic N) is 1. The van der Waals surface area contributed by atoms with Crippen molar-refractivity contribution in [3.05, 3.63) is 96.1 Å². The number of aliphatic hydroxyl groups excluding tert-OH is 1. The van der Waals surface area contributed by atoms with Gasteiger partial charge >= 0.3 is 0 Å². The largest absolute Gasteiger partial charge is 0.394 e. The van der Waals surface area contributed by atoms with Gasteiger partial charge in [0, 0.05) is 17.6 Å². The van der Waals surface area contributed by atoms with Gasteiger partial charge in [0.2, 0.25) is 0 Å². The first kappa shape index (κ1) is 25.4. The van der Waals surface area contributed by atoms with E-state index in [2.05, 4.69) is 65.6 Å². The Balaban J connectivity index is 0.000000221. The SMILES string of the molecule is Cc1ccc(S(=O)(=O)O)cc1.OCC1C2CCCC2(c2ccccc2)CCCN1c1ccccc1. The number of aliphatic hydroxyl groups is 1. The van der Waals surface area contributed by atoms with E-state index in [1.165, 1.54) is 55.5 Å². The molecule has 1 saturated heterocycles. The Morgan fingerprint density at radius 2 is 1.49 bits per heavy atom. The van der Waals surface area contributed by atoms with Gasteiger partial charge in [-0.2, -0.15) is 8.42 Å². The Morgan fingerprint density at radius 3 is 2.09 bits per heavy atom. The molecule has 2 N–H and O–H groups in total. The van der Waals surface area contributed by atoms with Gasteiger partial charge in [-0.25, -0.2) is 0 Å². The molecule has 3 unspecified atom stereocenters. The van der Waals surface area contributed by atoms with E-state index in [9.17, 15) is 13.5 Å². The summed E-state index contributed by atoms with van der Waals surface area (Å²) in [7, 11) is -4.02. The molecule has 5 nitrogen and oxygen atoms in total. The lowest BCUT2D eigenvalue weighted by Gasteiger charge is -2.41. The van der Waals surface area contributed by atoms with E-state index in [4.69, 9.17) is 4.55 Å². The van der Waals surface area contributed by atoms with Crippen LogP contribution in [0.5, 0.6) is 0 Å². The van der Waals surface area contributed by atoms with Crippen LogP contribution in [0.15, 0.2) is 89.8 Å². The summed E-state index contributed by atoms with van der Waals surface area (Å²) in [6.07, 6.45) is 6.20. The van der Waals surface area contributed by atoms with Crippen molar-refractivity contribution < 1.29 is 18.1 Å². The number of benzene rings is 3. The summed E-state index contributed by atoms with van der Waals surface area (Å²) in [5.74, 6) is 0.535. The van der Waals surface area contributed by atoms with Crippen LogP contribution >= 0.6 is 0 Å². The van der Waals surface area contributed by atoms with Gasteiger partial charge in [-0.3, -0.25) is 4.55 Å². The van der Waals surface area contributed by atoms with Gasteiger partial charge < -0.3 is 10.0 Å². The molecule has 1 heterocycles. The maximum Gasteiger partial charge on any atom is 0.294 e. The van der Waals surface area contributed by atoms with Gasteiger partial charge in [0.1, 0.15) is 0 Å². The third kappa shape index (κ3) is 5.61. The maximum absolute atomic E-state index is 10.5. The molecule has 0 radical (unpaired) electrons. The van der Waals surface area contributed by atoms with Gasteiger partial charge in [-0.1, -0.05) is 72.6 Å². The van der Waals surface area contributed by atoms with Crippen molar-refractivity contribution in [2.45, 2.75) is 55.4 Å². The van der Waals surface area contributed by atoms with Crippen LogP contribution in [0.4, 0.5) is 5.69 Å². The summed E-state index contributed by atoms with van der Waals surface area (Å²) in [4.78, 5) is 2.41. The molecule has 5 rings (SSSR count). The molecule has 1 saturated carbocycles. The third-order valence-electron chi connectivity index (χ3n) is 7.68. The number of para-hydroxylation sites is 1. The van der Waals surface area contributed by atoms with E-state index in [1.807, 2.05) is 6.92 Å². The molecule has 0 bridgehead atoms. The minimum Gasteiger partial charge on any atom is -0.394 e. The predicted octanol–water partition coefficient (Wildman–Crippen LogP) is 5.63. The smallest absolute Gasteiger partial charge is 0.294 e. The highest BCUT2D eigenvalue weighted by Crippen LogP contribution is 2.53. The predicted molar refractivity (Wildman–Crippen MR) is 140 cm³/mol. The second kappa shape index (κ2) is 10.9. The van der Waals surface area contributed by atoms with Gasteiger partial charge in [0.25, 0.3) is 10.1 Å². The zero-order chi connectivity index (χ0) is 24.9. The molecule has 3 atom stereocenters. The van der Waals surface area contributed by atoms with Crippen LogP contribution in [-0.4, -0.2) is 37.3 Å². The molecule has 35 heavy (non-hydrogen) atoms. The molecule has 3 aromatic carbocycles. The third-order valence-corrected chi connectivity index (χ3v) is 8.54. The van der Waals surface area contributed by atoms with Crippen molar-refractivity contribution in [1.82, 2.24) is 0 Å². The number of aryl methyl sites for hydroxylation is 1. The lowest BCUT2D eigenvalue weighted by molar-refractivity contribution is 0.183. The monoisotopic (exact) mass is 493 g/mol. The Bertz CT molecular complexity index is 1180. The number of anilines is 1. The van der Waals surface area contributed by atoms with Crippen molar-refractivity contribution in [2.24, 2.45) is 5.92 Å². The summed E-state index contributed by atoms with van der Waals surface area (Å²) in [5.41, 5.74) is 3.95. The molecule has 0 aromatic heterocycles. The van der Waals surface area contributed by atoms with E-state index in [1.54, 1.807) is 12.1 Å². The summed E-state index contributed by atoms with van der Waals surface area (Å²) < 4.78 is 29.6. The van der Waals surface area contributed by atoms with Crippen LogP contribution in [0.25, 0.3) is 0 Å². The molecule has 0 spiro atoms. The quantitative estimate of drug-likeness (QED) is 0.461. The summed E-state index contributed by atoms with van der Waals surface area (Å²) in [5, 5.41) is 10.3. The van der Waals surface area contributed by atoms with Crippen LogP contribution in [0.3, 0.4) is 0 Å². The molecule has 2 aliphatic rings. The molecule has 2 fully saturated rings. The molecule has 6 heteroatoms. The highest BCUT2D eigenvalue weighted by molar-refractivity contribution is 7.85. The normalized spacial score (nSPS) is 24.1. The van der Waals surface area contributed by atoms with Gasteiger partial charge in [-0.05, 0) is 68.4 Å². The highest BCUT2D eigenvalue weighted by Gasteiger charge is 2.49. The second-order valence-corrected chi connectivity index (χ2v) is 11.1. The fraction of sp³-hybridized carbons (Fsp3) is 0.379. The summed E-state index contributed by atoms with van der Waals surface area (Å²) in [6, 6.07) is 27.9. The molecule has 1 aliphatic heterocycles. The van der Waals surface area contributed by atoms with Gasteiger partial charge in [0.05, 0.1) is 17.5 Å². The Kier molecular flexibility index (Phi) is 7.95. The Hall–Kier alpha value is -2.67.